The Kier molecular flexibility index (Phi) is 5.56. The van der Waals surface area contributed by atoms with E-state index in [1.807, 2.05) is 25.1 Å². The van der Waals surface area contributed by atoms with Gasteiger partial charge >= 0.3 is 0 Å². The van der Waals surface area contributed by atoms with Gasteiger partial charge in [-0.15, -0.1) is 11.8 Å². The van der Waals surface area contributed by atoms with Gasteiger partial charge in [0.2, 0.25) is 0 Å². The predicted molar refractivity (Wildman–Crippen MR) is 79.9 cm³/mol. The molecule has 0 aliphatic rings. The van der Waals surface area contributed by atoms with E-state index in [0.717, 1.165) is 18.4 Å². The molecule has 0 aromatic heterocycles. The SMILES string of the molecule is CC(NCCSc1ccccc1)c1cc(F)cc(F)c1. The third kappa shape index (κ3) is 4.62. The lowest BCUT2D eigenvalue weighted by atomic mass is 10.1. The van der Waals surface area contributed by atoms with Gasteiger partial charge in [-0.1, -0.05) is 18.2 Å². The van der Waals surface area contributed by atoms with Crippen molar-refractivity contribution in [1.82, 2.24) is 5.32 Å². The van der Waals surface area contributed by atoms with Crippen LogP contribution in [0, 0.1) is 11.6 Å². The molecule has 0 radical (unpaired) electrons. The summed E-state index contributed by atoms with van der Waals surface area (Å²) in [6.07, 6.45) is 0. The average Bonchev–Trinajstić information content (AvgIpc) is 2.43. The molecule has 0 aliphatic heterocycles. The molecule has 0 fully saturated rings. The number of thioether (sulfide) groups is 1. The number of halogens is 2. The van der Waals surface area contributed by atoms with Gasteiger partial charge in [0.05, 0.1) is 0 Å². The summed E-state index contributed by atoms with van der Waals surface area (Å²) in [5, 5.41) is 3.27. The Labute approximate surface area is 122 Å². The summed E-state index contributed by atoms with van der Waals surface area (Å²) in [4.78, 5) is 1.22. The minimum absolute atomic E-state index is 0.0726. The van der Waals surface area contributed by atoms with E-state index >= 15 is 0 Å². The van der Waals surface area contributed by atoms with Crippen molar-refractivity contribution in [3.05, 3.63) is 65.7 Å². The molecule has 0 saturated heterocycles. The van der Waals surface area contributed by atoms with Crippen molar-refractivity contribution in [3.8, 4) is 0 Å². The van der Waals surface area contributed by atoms with Crippen LogP contribution in [-0.4, -0.2) is 12.3 Å². The fraction of sp³-hybridized carbons (Fsp3) is 0.250. The molecule has 2 aromatic rings. The number of hydrogen-bond acceptors (Lipinski definition) is 2. The molecule has 1 atom stereocenters. The van der Waals surface area contributed by atoms with E-state index in [4.69, 9.17) is 0 Å². The topological polar surface area (TPSA) is 12.0 Å². The van der Waals surface area contributed by atoms with Gasteiger partial charge in [0.1, 0.15) is 11.6 Å². The molecule has 106 valence electrons. The Morgan fingerprint density at radius 3 is 2.35 bits per heavy atom. The molecule has 0 saturated carbocycles. The maximum atomic E-state index is 13.1. The van der Waals surface area contributed by atoms with E-state index in [1.54, 1.807) is 11.8 Å². The van der Waals surface area contributed by atoms with Crippen molar-refractivity contribution in [2.24, 2.45) is 0 Å². The van der Waals surface area contributed by atoms with E-state index in [1.165, 1.54) is 17.0 Å². The van der Waals surface area contributed by atoms with Gasteiger partial charge in [0.25, 0.3) is 0 Å². The van der Waals surface area contributed by atoms with Gasteiger partial charge in [-0.05, 0) is 36.8 Å². The zero-order valence-corrected chi connectivity index (χ0v) is 12.1. The molecule has 2 rings (SSSR count). The lowest BCUT2D eigenvalue weighted by Gasteiger charge is -2.14. The molecule has 0 aliphatic carbocycles. The fourth-order valence-corrected chi connectivity index (χ4v) is 2.71. The minimum Gasteiger partial charge on any atom is -0.309 e. The summed E-state index contributed by atoms with van der Waals surface area (Å²) < 4.78 is 26.3. The summed E-state index contributed by atoms with van der Waals surface area (Å²) in [5.41, 5.74) is 0.632. The van der Waals surface area contributed by atoms with Crippen molar-refractivity contribution < 1.29 is 8.78 Å². The van der Waals surface area contributed by atoms with E-state index in [2.05, 4.69) is 17.4 Å². The maximum Gasteiger partial charge on any atom is 0.126 e. The molecule has 1 nitrogen and oxygen atoms in total. The molecule has 2 aromatic carbocycles. The highest BCUT2D eigenvalue weighted by Gasteiger charge is 2.07. The van der Waals surface area contributed by atoms with Crippen LogP contribution in [0.4, 0.5) is 8.78 Å². The summed E-state index contributed by atoms with van der Waals surface area (Å²) in [5.74, 6) is -0.161. The second kappa shape index (κ2) is 7.41. The lowest BCUT2D eigenvalue weighted by molar-refractivity contribution is 0.556. The zero-order valence-electron chi connectivity index (χ0n) is 11.3. The fourth-order valence-electron chi connectivity index (χ4n) is 1.90. The second-order valence-electron chi connectivity index (χ2n) is 4.54. The molecule has 0 spiro atoms. The maximum absolute atomic E-state index is 13.1. The Bertz CT molecular complexity index is 525. The smallest absolute Gasteiger partial charge is 0.126 e. The van der Waals surface area contributed by atoms with Crippen LogP contribution in [0.3, 0.4) is 0 Å². The first-order chi connectivity index (χ1) is 9.65. The highest BCUT2D eigenvalue weighted by Crippen LogP contribution is 2.18. The van der Waals surface area contributed by atoms with Gasteiger partial charge < -0.3 is 5.32 Å². The van der Waals surface area contributed by atoms with Crippen LogP contribution in [0.15, 0.2) is 53.4 Å². The van der Waals surface area contributed by atoms with Crippen LogP contribution in [-0.2, 0) is 0 Å². The second-order valence-corrected chi connectivity index (χ2v) is 5.71. The lowest BCUT2D eigenvalue weighted by Crippen LogP contribution is -2.21. The largest absolute Gasteiger partial charge is 0.309 e. The standard InChI is InChI=1S/C16H17F2NS/c1-12(13-9-14(17)11-15(18)10-13)19-7-8-20-16-5-3-2-4-6-16/h2-6,9-12,19H,7-8H2,1H3. The molecule has 4 heteroatoms. The van der Waals surface area contributed by atoms with Gasteiger partial charge in [-0.2, -0.15) is 0 Å². The van der Waals surface area contributed by atoms with Crippen molar-refractivity contribution in [1.29, 1.82) is 0 Å². The Morgan fingerprint density at radius 1 is 1.05 bits per heavy atom. The first kappa shape index (κ1) is 15.0. The summed E-state index contributed by atoms with van der Waals surface area (Å²) in [6, 6.07) is 13.7. The molecule has 0 heterocycles. The van der Waals surface area contributed by atoms with Crippen molar-refractivity contribution in [2.45, 2.75) is 17.9 Å². The van der Waals surface area contributed by atoms with Crippen LogP contribution >= 0.6 is 11.8 Å². The highest BCUT2D eigenvalue weighted by atomic mass is 32.2. The zero-order chi connectivity index (χ0) is 14.4. The first-order valence-electron chi connectivity index (χ1n) is 6.52. The Morgan fingerprint density at radius 2 is 1.70 bits per heavy atom. The van der Waals surface area contributed by atoms with Crippen LogP contribution in [0.2, 0.25) is 0 Å². The molecular formula is C16H17F2NS. The molecule has 0 bridgehead atoms. The molecule has 1 unspecified atom stereocenters. The Hall–Kier alpha value is -1.39. The van der Waals surface area contributed by atoms with Crippen molar-refractivity contribution in [2.75, 3.05) is 12.3 Å². The molecular weight excluding hydrogens is 276 g/mol. The van der Waals surface area contributed by atoms with Gasteiger partial charge in [-0.25, -0.2) is 8.78 Å². The van der Waals surface area contributed by atoms with Crippen LogP contribution in [0.1, 0.15) is 18.5 Å². The van der Waals surface area contributed by atoms with Crippen molar-refractivity contribution >= 4 is 11.8 Å². The highest BCUT2D eigenvalue weighted by molar-refractivity contribution is 7.99. The van der Waals surface area contributed by atoms with Crippen molar-refractivity contribution in [3.63, 3.8) is 0 Å². The quantitative estimate of drug-likeness (QED) is 0.625. The van der Waals surface area contributed by atoms with Gasteiger partial charge in [-0.3, -0.25) is 0 Å². The van der Waals surface area contributed by atoms with Gasteiger partial charge in [0.15, 0.2) is 0 Å². The molecule has 1 N–H and O–H groups in total. The average molecular weight is 293 g/mol. The third-order valence-electron chi connectivity index (χ3n) is 2.95. The minimum atomic E-state index is -0.535. The summed E-state index contributed by atoms with van der Waals surface area (Å²) >= 11 is 1.75. The summed E-state index contributed by atoms with van der Waals surface area (Å²) in [6.45, 7) is 2.68. The van der Waals surface area contributed by atoms with E-state index in [0.29, 0.717) is 5.56 Å². The molecule has 20 heavy (non-hydrogen) atoms. The third-order valence-corrected chi connectivity index (χ3v) is 3.96. The number of nitrogens with one attached hydrogen (secondary N) is 1. The van der Waals surface area contributed by atoms with E-state index < -0.39 is 11.6 Å². The summed E-state index contributed by atoms with van der Waals surface area (Å²) in [7, 11) is 0. The number of rotatable bonds is 6. The van der Waals surface area contributed by atoms with E-state index in [9.17, 15) is 8.78 Å². The van der Waals surface area contributed by atoms with Gasteiger partial charge in [0, 0.05) is 29.3 Å². The first-order valence-corrected chi connectivity index (χ1v) is 7.51. The number of benzene rings is 2. The Balaban J connectivity index is 1.79. The van der Waals surface area contributed by atoms with Crippen LogP contribution in [0.5, 0.6) is 0 Å². The number of hydrogen-bond donors (Lipinski definition) is 1. The van der Waals surface area contributed by atoms with Crippen LogP contribution in [0.25, 0.3) is 0 Å². The monoisotopic (exact) mass is 293 g/mol. The normalized spacial score (nSPS) is 12.3. The molecule has 0 amide bonds. The predicted octanol–water partition coefficient (Wildman–Crippen LogP) is 4.41. The van der Waals surface area contributed by atoms with E-state index in [-0.39, 0.29) is 6.04 Å². The van der Waals surface area contributed by atoms with Crippen LogP contribution < -0.4 is 5.32 Å².